The summed E-state index contributed by atoms with van der Waals surface area (Å²) in [5.74, 6) is -0.0596. The molecule has 0 heterocycles. The molecule has 0 saturated heterocycles. The van der Waals surface area contributed by atoms with Gasteiger partial charge in [0.15, 0.2) is 0 Å². The highest BCUT2D eigenvalue weighted by Gasteiger charge is 2.26. The van der Waals surface area contributed by atoms with Gasteiger partial charge in [0.2, 0.25) is 0 Å². The number of hydrogen-bond donors (Lipinski definition) is 0. The van der Waals surface area contributed by atoms with Gasteiger partial charge < -0.3 is 4.74 Å². The van der Waals surface area contributed by atoms with E-state index in [0.29, 0.717) is 0 Å². The van der Waals surface area contributed by atoms with Gasteiger partial charge in [0.1, 0.15) is 5.44 Å². The lowest BCUT2D eigenvalue weighted by molar-refractivity contribution is -0.387. The van der Waals surface area contributed by atoms with Crippen LogP contribution in [-0.4, -0.2) is 31.3 Å². The van der Waals surface area contributed by atoms with E-state index in [1.807, 2.05) is 6.92 Å². The van der Waals surface area contributed by atoms with E-state index in [4.69, 9.17) is 16.3 Å². The van der Waals surface area contributed by atoms with Crippen molar-refractivity contribution >= 4 is 38.0 Å². The number of nitro groups is 1. The van der Waals surface area contributed by atoms with Gasteiger partial charge in [-0.3, -0.25) is 10.1 Å². The van der Waals surface area contributed by atoms with Gasteiger partial charge in [0.25, 0.3) is 15.7 Å². The third-order valence-corrected chi connectivity index (χ3v) is 7.87. The zero-order valence-electron chi connectivity index (χ0n) is 14.7. The summed E-state index contributed by atoms with van der Waals surface area (Å²) < 4.78 is 35.2. The Balaban J connectivity index is 2.68. The average Bonchev–Trinajstić information content (AvgIpc) is 2.65. The van der Waals surface area contributed by atoms with Crippen LogP contribution in [0.5, 0.6) is 0 Å². The number of ether oxygens (including phenoxy) is 1. The molecule has 0 unspecified atom stereocenters. The molecule has 7 nitrogen and oxygen atoms in total. The summed E-state index contributed by atoms with van der Waals surface area (Å²) in [6.45, 7) is 3.83. The van der Waals surface area contributed by atoms with Crippen molar-refractivity contribution in [2.45, 2.75) is 29.1 Å². The lowest BCUT2D eigenvalue weighted by Gasteiger charge is -2.18. The van der Waals surface area contributed by atoms with Gasteiger partial charge in [-0.1, -0.05) is 29.8 Å². The van der Waals surface area contributed by atoms with Crippen LogP contribution in [0.1, 0.15) is 12.5 Å². The Morgan fingerprint density at radius 2 is 1.85 bits per heavy atom. The van der Waals surface area contributed by atoms with Crippen molar-refractivity contribution in [1.29, 1.82) is 0 Å². The average molecular weight is 431 g/mol. The number of nitrogens with zero attached hydrogens (tertiary/aromatic N) is 2. The Labute approximate surface area is 165 Å². The van der Waals surface area contributed by atoms with Crippen LogP contribution in [-0.2, 0) is 25.5 Å². The predicted octanol–water partition coefficient (Wildman–Crippen LogP) is 4.05. The molecule has 0 aromatic heterocycles. The second-order valence-electron chi connectivity index (χ2n) is 5.44. The van der Waals surface area contributed by atoms with Gasteiger partial charge in [-0.05, 0) is 42.7 Å². The molecule has 0 aliphatic carbocycles. The number of aryl methyl sites for hydroxylation is 1. The molecule has 0 spiro atoms. The molecule has 0 bridgehead atoms. The Hall–Kier alpha value is -1.81. The molecule has 2 aromatic rings. The van der Waals surface area contributed by atoms with E-state index in [9.17, 15) is 18.5 Å². The van der Waals surface area contributed by atoms with Crippen molar-refractivity contribution in [3.05, 3.63) is 64.2 Å². The maximum atomic E-state index is 12.8. The summed E-state index contributed by atoms with van der Waals surface area (Å²) in [7, 11) is -5.56. The predicted molar refractivity (Wildman–Crippen MR) is 106 cm³/mol. The first-order chi connectivity index (χ1) is 12.8. The van der Waals surface area contributed by atoms with E-state index in [1.54, 1.807) is 25.1 Å². The summed E-state index contributed by atoms with van der Waals surface area (Å²) in [4.78, 5) is 11.0. The molecule has 0 aliphatic heterocycles. The molecule has 27 heavy (non-hydrogen) atoms. The van der Waals surface area contributed by atoms with Crippen LogP contribution in [0.4, 0.5) is 5.69 Å². The maximum Gasteiger partial charge on any atom is 0.288 e. The Kier molecular flexibility index (Phi) is 7.49. The topological polar surface area (TPSA) is 98.9 Å². The molecule has 0 N–H and O–H groups in total. The number of hydrogen-bond acceptors (Lipinski definition) is 5. The molecule has 10 heteroatoms. The van der Waals surface area contributed by atoms with E-state index in [2.05, 4.69) is 3.77 Å². The number of rotatable bonds is 8. The second-order valence-corrected chi connectivity index (χ2v) is 9.36. The highest BCUT2D eigenvalue weighted by Crippen LogP contribution is 2.28. The fraction of sp³-hybridized carbons (Fsp3) is 0.294. The van der Waals surface area contributed by atoms with E-state index in [1.165, 1.54) is 30.3 Å². The van der Waals surface area contributed by atoms with Crippen molar-refractivity contribution in [3.8, 4) is 0 Å². The van der Waals surface area contributed by atoms with Gasteiger partial charge in [-0.2, -0.15) is 8.42 Å². The number of nitro benzene ring substituents is 1. The summed E-state index contributed by atoms with van der Waals surface area (Å²) >= 11 is 5.98. The molecule has 0 saturated carbocycles. The van der Waals surface area contributed by atoms with E-state index in [-0.39, 0.29) is 28.0 Å². The van der Waals surface area contributed by atoms with Crippen LogP contribution >= 0.6 is 11.6 Å². The highest BCUT2D eigenvalue weighted by atomic mass is 35.5. The highest BCUT2D eigenvalue weighted by molar-refractivity contribution is 8.00. The molecule has 2 atom stereocenters. The molecular formula is C17H19ClN2O5S2. The minimum absolute atomic E-state index is 0.00834. The summed E-state index contributed by atoms with van der Waals surface area (Å²) in [5, 5.41) is 11.4. The molecule has 2 rings (SSSR count). The molecule has 0 aliphatic rings. The third kappa shape index (κ3) is 5.35. The van der Waals surface area contributed by atoms with Crippen LogP contribution in [0.25, 0.3) is 0 Å². The Morgan fingerprint density at radius 1 is 1.22 bits per heavy atom. The zero-order valence-corrected chi connectivity index (χ0v) is 17.1. The monoisotopic (exact) mass is 430 g/mol. The Bertz CT molecular complexity index is 946. The van der Waals surface area contributed by atoms with Crippen LogP contribution in [0.2, 0.25) is 0 Å². The maximum absolute atomic E-state index is 12.8. The molecule has 146 valence electrons. The lowest BCUT2D eigenvalue weighted by atomic mass is 10.2. The standard InChI is InChI=1S/C17H19ClN2O5S2/c1-3-25-17(12-18)26(16-7-5-4-6-15(16)20(21)22)19-27(23,24)14-10-8-13(2)9-11-14/h4-11,17H,3,12H2,1-2H3/t17-,26-/m0/s1. The first kappa shape index (κ1) is 21.5. The van der Waals surface area contributed by atoms with Crippen LogP contribution in [0.15, 0.2) is 62.1 Å². The lowest BCUT2D eigenvalue weighted by Crippen LogP contribution is -2.23. The normalized spacial score (nSPS) is 14.0. The van der Waals surface area contributed by atoms with E-state index >= 15 is 0 Å². The largest absolute Gasteiger partial charge is 0.365 e. The smallest absolute Gasteiger partial charge is 0.288 e. The fourth-order valence-corrected chi connectivity index (χ4v) is 6.29. The summed E-state index contributed by atoms with van der Waals surface area (Å²) in [6, 6.07) is 12.1. The van der Waals surface area contributed by atoms with E-state index < -0.39 is 31.1 Å². The summed E-state index contributed by atoms with van der Waals surface area (Å²) in [6.07, 6.45) is 0. The van der Waals surface area contributed by atoms with Gasteiger partial charge in [-0.25, -0.2) is 0 Å². The Morgan fingerprint density at radius 3 is 2.41 bits per heavy atom. The van der Waals surface area contributed by atoms with Crippen molar-refractivity contribution in [3.63, 3.8) is 0 Å². The minimum Gasteiger partial charge on any atom is -0.365 e. The second kappa shape index (κ2) is 9.41. The van der Waals surface area contributed by atoms with Gasteiger partial charge in [-0.15, -0.1) is 15.4 Å². The van der Waals surface area contributed by atoms with Crippen molar-refractivity contribution in [1.82, 2.24) is 0 Å². The minimum atomic E-state index is -4.06. The SMILES string of the molecule is CCO[C@H](CCl)[S@@](=NS(=O)(=O)c1ccc(C)cc1)c1ccccc1[N+](=O)[O-]. The van der Waals surface area contributed by atoms with Crippen molar-refractivity contribution in [2.24, 2.45) is 3.77 Å². The quantitative estimate of drug-likeness (QED) is 0.357. The molecule has 0 fully saturated rings. The number of halogens is 1. The van der Waals surface area contributed by atoms with Crippen LogP contribution in [0, 0.1) is 17.0 Å². The molecule has 0 amide bonds. The van der Waals surface area contributed by atoms with E-state index in [0.717, 1.165) is 5.56 Å². The van der Waals surface area contributed by atoms with Gasteiger partial charge in [0.05, 0.1) is 20.6 Å². The molecule has 2 aromatic carbocycles. The number of benzene rings is 2. The van der Waals surface area contributed by atoms with Crippen molar-refractivity contribution in [2.75, 3.05) is 12.5 Å². The number of sulfonamides is 1. The van der Waals surface area contributed by atoms with Crippen LogP contribution < -0.4 is 0 Å². The number of alkyl halides is 1. The van der Waals surface area contributed by atoms with Crippen molar-refractivity contribution < 1.29 is 18.1 Å². The van der Waals surface area contributed by atoms with Gasteiger partial charge in [0, 0.05) is 12.7 Å². The number of para-hydroxylation sites is 1. The third-order valence-electron chi connectivity index (χ3n) is 3.51. The zero-order chi connectivity index (χ0) is 20.0. The fourth-order valence-electron chi connectivity index (χ4n) is 2.23. The van der Waals surface area contributed by atoms with Gasteiger partial charge >= 0.3 is 0 Å². The van der Waals surface area contributed by atoms with Crippen LogP contribution in [0.3, 0.4) is 0 Å². The summed E-state index contributed by atoms with van der Waals surface area (Å²) in [5.41, 5.74) is -0.129. The first-order valence-corrected chi connectivity index (χ1v) is 11.2. The molecule has 0 radical (unpaired) electrons. The first-order valence-electron chi connectivity index (χ1n) is 7.99. The molecular weight excluding hydrogens is 412 g/mol.